The van der Waals surface area contributed by atoms with E-state index < -0.39 is 5.91 Å². The molecule has 0 saturated carbocycles. The molecule has 0 unspecified atom stereocenters. The molecule has 1 amide bonds. The molecule has 0 aliphatic heterocycles. The average molecular weight is 306 g/mol. The lowest BCUT2D eigenvalue weighted by Crippen LogP contribution is -2.13. The van der Waals surface area contributed by atoms with Crippen molar-refractivity contribution < 1.29 is 9.53 Å². The van der Waals surface area contributed by atoms with Gasteiger partial charge in [-0.2, -0.15) is 5.26 Å². The van der Waals surface area contributed by atoms with E-state index in [9.17, 15) is 10.1 Å². The van der Waals surface area contributed by atoms with Gasteiger partial charge in [-0.05, 0) is 60.9 Å². The van der Waals surface area contributed by atoms with Crippen LogP contribution in [-0.4, -0.2) is 13.0 Å². The van der Waals surface area contributed by atoms with E-state index in [4.69, 9.17) is 4.74 Å². The zero-order valence-corrected chi connectivity index (χ0v) is 13.4. The second-order valence-corrected chi connectivity index (χ2v) is 5.28. The number of anilines is 1. The van der Waals surface area contributed by atoms with Crippen LogP contribution in [0.25, 0.3) is 6.08 Å². The van der Waals surface area contributed by atoms with E-state index in [1.54, 1.807) is 25.3 Å². The van der Waals surface area contributed by atoms with Crippen LogP contribution >= 0.6 is 0 Å². The number of methoxy groups -OCH3 is 1. The normalized spacial score (nSPS) is 10.8. The van der Waals surface area contributed by atoms with Crippen molar-refractivity contribution in [2.45, 2.75) is 13.8 Å². The summed E-state index contributed by atoms with van der Waals surface area (Å²) in [5.74, 6) is 0.242. The van der Waals surface area contributed by atoms with Crippen LogP contribution in [-0.2, 0) is 4.79 Å². The Morgan fingerprint density at radius 2 is 1.87 bits per heavy atom. The van der Waals surface area contributed by atoms with Crippen LogP contribution in [0.4, 0.5) is 5.69 Å². The number of amides is 1. The van der Waals surface area contributed by atoms with Crippen molar-refractivity contribution in [3.05, 3.63) is 64.7 Å². The van der Waals surface area contributed by atoms with Gasteiger partial charge in [-0.15, -0.1) is 0 Å². The molecule has 0 aliphatic rings. The summed E-state index contributed by atoms with van der Waals surface area (Å²) in [4.78, 5) is 12.3. The van der Waals surface area contributed by atoms with Crippen LogP contribution in [0.15, 0.2) is 48.0 Å². The van der Waals surface area contributed by atoms with Gasteiger partial charge in [0.2, 0.25) is 0 Å². The van der Waals surface area contributed by atoms with Crippen molar-refractivity contribution in [2.24, 2.45) is 0 Å². The van der Waals surface area contributed by atoms with Gasteiger partial charge in [0.25, 0.3) is 5.91 Å². The summed E-state index contributed by atoms with van der Waals surface area (Å²) in [7, 11) is 1.57. The van der Waals surface area contributed by atoms with Gasteiger partial charge in [0, 0.05) is 5.69 Å². The fraction of sp³-hybridized carbons (Fsp3) is 0.158. The molecule has 0 saturated heterocycles. The predicted molar refractivity (Wildman–Crippen MR) is 91.1 cm³/mol. The number of nitrogens with zero attached hydrogens (tertiary/aromatic N) is 1. The highest BCUT2D eigenvalue weighted by Gasteiger charge is 2.10. The van der Waals surface area contributed by atoms with E-state index in [-0.39, 0.29) is 5.57 Å². The van der Waals surface area contributed by atoms with Gasteiger partial charge in [-0.25, -0.2) is 0 Å². The van der Waals surface area contributed by atoms with Crippen molar-refractivity contribution in [1.82, 2.24) is 0 Å². The van der Waals surface area contributed by atoms with Crippen LogP contribution in [0.2, 0.25) is 0 Å². The van der Waals surface area contributed by atoms with Gasteiger partial charge in [-0.1, -0.05) is 18.2 Å². The van der Waals surface area contributed by atoms with Gasteiger partial charge in [-0.3, -0.25) is 4.79 Å². The molecule has 116 valence electrons. The maximum Gasteiger partial charge on any atom is 0.266 e. The molecule has 0 spiro atoms. The summed E-state index contributed by atoms with van der Waals surface area (Å²) in [5.41, 5.74) is 3.55. The van der Waals surface area contributed by atoms with E-state index >= 15 is 0 Å². The zero-order valence-electron chi connectivity index (χ0n) is 13.4. The maximum absolute atomic E-state index is 12.3. The molecule has 0 fully saturated rings. The molecule has 1 N–H and O–H groups in total. The highest BCUT2D eigenvalue weighted by Crippen LogP contribution is 2.17. The van der Waals surface area contributed by atoms with Crippen LogP contribution in [0.1, 0.15) is 16.7 Å². The zero-order chi connectivity index (χ0) is 16.8. The Labute approximate surface area is 136 Å². The minimum absolute atomic E-state index is 0.0393. The van der Waals surface area contributed by atoms with E-state index in [1.165, 1.54) is 0 Å². The number of hydrogen-bond acceptors (Lipinski definition) is 3. The molecule has 23 heavy (non-hydrogen) atoms. The molecule has 0 aliphatic carbocycles. The van der Waals surface area contributed by atoms with Gasteiger partial charge in [0.15, 0.2) is 0 Å². The number of ether oxygens (including phenoxy) is 1. The number of carbonyl (C=O) groups excluding carboxylic acids is 1. The third-order valence-corrected chi connectivity index (χ3v) is 3.25. The number of rotatable bonds is 4. The molecule has 2 rings (SSSR count). The Morgan fingerprint density at radius 1 is 1.17 bits per heavy atom. The summed E-state index contributed by atoms with van der Waals surface area (Å²) < 4.78 is 5.14. The lowest BCUT2D eigenvalue weighted by molar-refractivity contribution is -0.112. The van der Waals surface area contributed by atoms with Crippen molar-refractivity contribution >= 4 is 17.7 Å². The minimum atomic E-state index is -0.430. The number of aryl methyl sites for hydroxylation is 2. The van der Waals surface area contributed by atoms with Crippen LogP contribution in [0.3, 0.4) is 0 Å². The molecule has 0 atom stereocenters. The van der Waals surface area contributed by atoms with Crippen molar-refractivity contribution in [3.8, 4) is 11.8 Å². The van der Waals surface area contributed by atoms with E-state index in [1.807, 2.05) is 50.2 Å². The molecule has 0 heterocycles. The molecule has 2 aromatic rings. The maximum atomic E-state index is 12.3. The molecule has 2 aromatic carbocycles. The number of benzene rings is 2. The summed E-state index contributed by atoms with van der Waals surface area (Å²) in [5, 5.41) is 12.0. The van der Waals surface area contributed by atoms with Gasteiger partial charge >= 0.3 is 0 Å². The van der Waals surface area contributed by atoms with Gasteiger partial charge in [0.05, 0.1) is 7.11 Å². The van der Waals surface area contributed by atoms with E-state index in [0.717, 1.165) is 16.7 Å². The van der Waals surface area contributed by atoms with Crippen molar-refractivity contribution in [3.63, 3.8) is 0 Å². The Kier molecular flexibility index (Phi) is 5.16. The Morgan fingerprint density at radius 3 is 2.48 bits per heavy atom. The van der Waals surface area contributed by atoms with E-state index in [0.29, 0.717) is 11.4 Å². The summed E-state index contributed by atoms with van der Waals surface area (Å²) in [6, 6.07) is 14.9. The molecule has 0 radical (unpaired) electrons. The summed E-state index contributed by atoms with van der Waals surface area (Å²) in [6.45, 7) is 3.92. The van der Waals surface area contributed by atoms with Crippen LogP contribution in [0, 0.1) is 25.2 Å². The number of nitrogens with one attached hydrogen (secondary N) is 1. The molecule has 4 nitrogen and oxygen atoms in total. The average Bonchev–Trinajstić information content (AvgIpc) is 2.51. The monoisotopic (exact) mass is 306 g/mol. The lowest BCUT2D eigenvalue weighted by atomic mass is 10.1. The fourth-order valence-corrected chi connectivity index (χ4v) is 2.29. The number of nitriles is 1. The largest absolute Gasteiger partial charge is 0.497 e. The van der Waals surface area contributed by atoms with Crippen LogP contribution in [0.5, 0.6) is 5.75 Å². The quantitative estimate of drug-likeness (QED) is 0.689. The summed E-state index contributed by atoms with van der Waals surface area (Å²) in [6.07, 6.45) is 1.54. The third-order valence-electron chi connectivity index (χ3n) is 3.25. The first-order valence-electron chi connectivity index (χ1n) is 7.17. The van der Waals surface area contributed by atoms with Gasteiger partial charge in [0.1, 0.15) is 17.4 Å². The molecular formula is C19H18N2O2. The highest BCUT2D eigenvalue weighted by molar-refractivity contribution is 6.09. The lowest BCUT2D eigenvalue weighted by Gasteiger charge is -2.07. The fourth-order valence-electron chi connectivity index (χ4n) is 2.29. The summed E-state index contributed by atoms with van der Waals surface area (Å²) >= 11 is 0. The highest BCUT2D eigenvalue weighted by atomic mass is 16.5. The minimum Gasteiger partial charge on any atom is -0.497 e. The number of hydrogen-bond donors (Lipinski definition) is 1. The predicted octanol–water partition coefficient (Wildman–Crippen LogP) is 3.86. The van der Waals surface area contributed by atoms with Crippen LogP contribution < -0.4 is 10.1 Å². The smallest absolute Gasteiger partial charge is 0.266 e. The first kappa shape index (κ1) is 16.3. The molecular weight excluding hydrogens is 288 g/mol. The van der Waals surface area contributed by atoms with E-state index in [2.05, 4.69) is 5.32 Å². The van der Waals surface area contributed by atoms with Gasteiger partial charge < -0.3 is 10.1 Å². The van der Waals surface area contributed by atoms with Crippen molar-refractivity contribution in [2.75, 3.05) is 12.4 Å². The standard InChI is InChI=1S/C19H18N2O2/c1-13-7-14(2)9-17(8-13)21-19(22)16(12-20)10-15-5-4-6-18(11-15)23-3/h4-11H,1-3H3,(H,21,22)/b16-10+. The first-order valence-corrected chi connectivity index (χ1v) is 7.17. The third kappa shape index (κ3) is 4.45. The molecule has 4 heteroatoms. The number of carbonyl (C=O) groups is 1. The van der Waals surface area contributed by atoms with Crippen molar-refractivity contribution in [1.29, 1.82) is 5.26 Å². The Hall–Kier alpha value is -3.06. The molecule has 0 aromatic heterocycles. The Bertz CT molecular complexity index is 781. The molecule has 0 bridgehead atoms. The first-order chi connectivity index (χ1) is 11.0. The Balaban J connectivity index is 2.24. The second kappa shape index (κ2) is 7.28. The SMILES string of the molecule is COc1cccc(/C=C(\C#N)C(=O)Nc2cc(C)cc(C)c2)c1. The second-order valence-electron chi connectivity index (χ2n) is 5.28. The topological polar surface area (TPSA) is 62.1 Å².